The molecule has 1 atom stereocenters. The molecule has 5 nitrogen and oxygen atoms in total. The summed E-state index contributed by atoms with van der Waals surface area (Å²) in [5.74, 6) is 1.47. The van der Waals surface area contributed by atoms with E-state index in [-0.39, 0.29) is 6.10 Å². The van der Waals surface area contributed by atoms with E-state index in [4.69, 9.17) is 4.74 Å². The van der Waals surface area contributed by atoms with Crippen molar-refractivity contribution in [3.8, 4) is 5.88 Å². The van der Waals surface area contributed by atoms with Crippen LogP contribution in [0.25, 0.3) is 0 Å². The Morgan fingerprint density at radius 2 is 2.28 bits per heavy atom. The molecular formula is C13H22N4O. The highest BCUT2D eigenvalue weighted by Crippen LogP contribution is 2.15. The molecule has 0 bridgehead atoms. The molecule has 1 saturated heterocycles. The van der Waals surface area contributed by atoms with Gasteiger partial charge < -0.3 is 15.4 Å². The van der Waals surface area contributed by atoms with Gasteiger partial charge >= 0.3 is 0 Å². The molecule has 1 fully saturated rings. The molecule has 5 heteroatoms. The Kier molecular flexibility index (Phi) is 4.75. The van der Waals surface area contributed by atoms with E-state index in [1.165, 1.54) is 19.3 Å². The molecule has 1 unspecified atom stereocenters. The Balaban J connectivity index is 1.95. The van der Waals surface area contributed by atoms with Gasteiger partial charge in [-0.2, -0.15) is 0 Å². The Bertz CT molecular complexity index is 362. The molecule has 1 aliphatic rings. The van der Waals surface area contributed by atoms with Gasteiger partial charge in [-0.3, -0.25) is 0 Å². The Labute approximate surface area is 108 Å². The van der Waals surface area contributed by atoms with Crippen molar-refractivity contribution >= 4 is 5.82 Å². The molecule has 0 aromatic carbocycles. The van der Waals surface area contributed by atoms with Crippen LogP contribution in [0.4, 0.5) is 5.82 Å². The van der Waals surface area contributed by atoms with Crippen LogP contribution in [0.1, 0.15) is 33.1 Å². The standard InChI is InChI=1S/C13H22N4O/c1-10(2)18-13-7-12(15-9-16-13)17-11-5-3-4-6-14-8-11/h7,9-11,14H,3-6,8H2,1-2H3,(H,15,16,17). The highest BCUT2D eigenvalue weighted by atomic mass is 16.5. The minimum atomic E-state index is 0.132. The summed E-state index contributed by atoms with van der Waals surface area (Å²) in [6.07, 6.45) is 5.36. The van der Waals surface area contributed by atoms with E-state index in [0.29, 0.717) is 11.9 Å². The van der Waals surface area contributed by atoms with Crippen LogP contribution >= 0.6 is 0 Å². The van der Waals surface area contributed by atoms with Gasteiger partial charge in [0.1, 0.15) is 12.1 Å². The number of ether oxygens (including phenoxy) is 1. The number of rotatable bonds is 4. The average molecular weight is 250 g/mol. The molecule has 100 valence electrons. The largest absolute Gasteiger partial charge is 0.475 e. The second kappa shape index (κ2) is 6.54. The zero-order valence-corrected chi connectivity index (χ0v) is 11.1. The number of aromatic nitrogens is 2. The van der Waals surface area contributed by atoms with Gasteiger partial charge in [0.2, 0.25) is 5.88 Å². The van der Waals surface area contributed by atoms with Gasteiger partial charge in [0.25, 0.3) is 0 Å². The monoisotopic (exact) mass is 250 g/mol. The summed E-state index contributed by atoms with van der Waals surface area (Å²) in [4.78, 5) is 8.34. The van der Waals surface area contributed by atoms with Crippen molar-refractivity contribution in [2.75, 3.05) is 18.4 Å². The molecule has 0 amide bonds. The molecule has 1 aliphatic heterocycles. The first-order chi connectivity index (χ1) is 8.74. The van der Waals surface area contributed by atoms with Crippen molar-refractivity contribution in [1.82, 2.24) is 15.3 Å². The lowest BCUT2D eigenvalue weighted by Gasteiger charge is -2.17. The van der Waals surface area contributed by atoms with Crippen LogP contribution in [0.2, 0.25) is 0 Å². The van der Waals surface area contributed by atoms with E-state index in [0.717, 1.165) is 18.9 Å². The van der Waals surface area contributed by atoms with Gasteiger partial charge in [-0.15, -0.1) is 0 Å². The lowest BCUT2D eigenvalue weighted by Crippen LogP contribution is -2.31. The number of nitrogens with one attached hydrogen (secondary N) is 2. The molecule has 0 spiro atoms. The fourth-order valence-corrected chi connectivity index (χ4v) is 2.08. The van der Waals surface area contributed by atoms with Gasteiger partial charge in [-0.1, -0.05) is 6.42 Å². The summed E-state index contributed by atoms with van der Waals surface area (Å²) in [5, 5.41) is 6.87. The topological polar surface area (TPSA) is 59.1 Å². The van der Waals surface area contributed by atoms with Crippen LogP contribution in [0.3, 0.4) is 0 Å². The number of anilines is 1. The number of nitrogens with zero attached hydrogens (tertiary/aromatic N) is 2. The third kappa shape index (κ3) is 4.14. The molecule has 0 saturated carbocycles. The highest BCUT2D eigenvalue weighted by Gasteiger charge is 2.12. The first-order valence-electron chi connectivity index (χ1n) is 6.70. The van der Waals surface area contributed by atoms with Gasteiger partial charge in [0, 0.05) is 18.7 Å². The van der Waals surface area contributed by atoms with Crippen molar-refractivity contribution in [3.63, 3.8) is 0 Å². The highest BCUT2D eigenvalue weighted by molar-refractivity contribution is 5.38. The smallest absolute Gasteiger partial charge is 0.218 e. The van der Waals surface area contributed by atoms with Crippen LogP contribution in [0, 0.1) is 0 Å². The summed E-state index contributed by atoms with van der Waals surface area (Å²) in [6.45, 7) is 6.09. The van der Waals surface area contributed by atoms with E-state index in [2.05, 4.69) is 20.6 Å². The molecule has 1 aromatic heterocycles. The Morgan fingerprint density at radius 3 is 3.11 bits per heavy atom. The van der Waals surface area contributed by atoms with Crippen molar-refractivity contribution in [2.24, 2.45) is 0 Å². The molecular weight excluding hydrogens is 228 g/mol. The Morgan fingerprint density at radius 1 is 1.39 bits per heavy atom. The van der Waals surface area contributed by atoms with E-state index >= 15 is 0 Å². The fraction of sp³-hybridized carbons (Fsp3) is 0.692. The van der Waals surface area contributed by atoms with Crippen molar-refractivity contribution < 1.29 is 4.74 Å². The predicted molar refractivity (Wildman–Crippen MR) is 71.9 cm³/mol. The first-order valence-corrected chi connectivity index (χ1v) is 6.70. The molecule has 2 heterocycles. The van der Waals surface area contributed by atoms with Crippen LogP contribution in [-0.4, -0.2) is 35.2 Å². The van der Waals surface area contributed by atoms with Gasteiger partial charge in [-0.05, 0) is 33.2 Å². The molecule has 1 aromatic rings. The van der Waals surface area contributed by atoms with Gasteiger partial charge in [0.05, 0.1) is 6.10 Å². The first kappa shape index (κ1) is 13.1. The van der Waals surface area contributed by atoms with Crippen molar-refractivity contribution in [1.29, 1.82) is 0 Å². The lowest BCUT2D eigenvalue weighted by atomic mass is 10.1. The maximum absolute atomic E-state index is 5.56. The van der Waals surface area contributed by atoms with Crippen LogP contribution in [0.5, 0.6) is 5.88 Å². The summed E-state index contributed by atoms with van der Waals surface area (Å²) >= 11 is 0. The van der Waals surface area contributed by atoms with E-state index < -0.39 is 0 Å². The normalized spacial score (nSPS) is 20.5. The average Bonchev–Trinajstić information content (AvgIpc) is 2.57. The molecule has 0 radical (unpaired) electrons. The molecule has 2 N–H and O–H groups in total. The maximum atomic E-state index is 5.56. The summed E-state index contributed by atoms with van der Waals surface area (Å²) in [6, 6.07) is 2.31. The van der Waals surface area contributed by atoms with E-state index in [1.54, 1.807) is 6.33 Å². The maximum Gasteiger partial charge on any atom is 0.218 e. The van der Waals surface area contributed by atoms with Crippen molar-refractivity contribution in [3.05, 3.63) is 12.4 Å². The summed E-state index contributed by atoms with van der Waals surface area (Å²) < 4.78 is 5.56. The zero-order valence-electron chi connectivity index (χ0n) is 11.1. The minimum absolute atomic E-state index is 0.132. The molecule has 18 heavy (non-hydrogen) atoms. The molecule has 0 aliphatic carbocycles. The van der Waals surface area contributed by atoms with Crippen LogP contribution in [-0.2, 0) is 0 Å². The predicted octanol–water partition coefficient (Wildman–Crippen LogP) is 1.82. The second-order valence-electron chi connectivity index (χ2n) is 4.95. The van der Waals surface area contributed by atoms with Gasteiger partial charge in [-0.25, -0.2) is 9.97 Å². The Hall–Kier alpha value is -1.36. The lowest BCUT2D eigenvalue weighted by molar-refractivity contribution is 0.232. The number of hydrogen-bond donors (Lipinski definition) is 2. The summed E-state index contributed by atoms with van der Waals surface area (Å²) in [7, 11) is 0. The van der Waals surface area contributed by atoms with Crippen LogP contribution in [0.15, 0.2) is 12.4 Å². The SMILES string of the molecule is CC(C)Oc1cc(NC2CCCCNC2)ncn1. The van der Waals surface area contributed by atoms with E-state index in [9.17, 15) is 0 Å². The minimum Gasteiger partial charge on any atom is -0.475 e. The third-order valence-electron chi connectivity index (χ3n) is 2.90. The quantitative estimate of drug-likeness (QED) is 0.853. The second-order valence-corrected chi connectivity index (χ2v) is 4.95. The third-order valence-corrected chi connectivity index (χ3v) is 2.90. The van der Waals surface area contributed by atoms with Crippen LogP contribution < -0.4 is 15.4 Å². The number of hydrogen-bond acceptors (Lipinski definition) is 5. The fourth-order valence-electron chi connectivity index (χ4n) is 2.08. The van der Waals surface area contributed by atoms with Gasteiger partial charge in [0.15, 0.2) is 0 Å². The summed E-state index contributed by atoms with van der Waals surface area (Å²) in [5.41, 5.74) is 0. The van der Waals surface area contributed by atoms with E-state index in [1.807, 2.05) is 19.9 Å². The zero-order chi connectivity index (χ0) is 12.8. The molecule has 2 rings (SSSR count). The van der Waals surface area contributed by atoms with Crippen molar-refractivity contribution in [2.45, 2.75) is 45.3 Å².